The zero-order valence-corrected chi connectivity index (χ0v) is 22.4. The Bertz CT molecular complexity index is 1250. The van der Waals surface area contributed by atoms with E-state index in [2.05, 4.69) is 0 Å². The van der Waals surface area contributed by atoms with Gasteiger partial charge in [-0.05, 0) is 68.9 Å². The van der Waals surface area contributed by atoms with Crippen LogP contribution in [0, 0.1) is 29.6 Å². The van der Waals surface area contributed by atoms with Gasteiger partial charge in [-0.1, -0.05) is 24.8 Å². The smallest absolute Gasteiger partial charge is 0.224 e. The van der Waals surface area contributed by atoms with E-state index >= 15 is 8.78 Å². The van der Waals surface area contributed by atoms with Crippen LogP contribution in [0.15, 0.2) is 40.4 Å². The van der Waals surface area contributed by atoms with Crippen LogP contribution in [0.5, 0.6) is 0 Å². The van der Waals surface area contributed by atoms with Crippen LogP contribution in [0.1, 0.15) is 50.9 Å². The van der Waals surface area contributed by atoms with Crippen molar-refractivity contribution in [2.45, 2.75) is 76.0 Å². The van der Waals surface area contributed by atoms with Crippen molar-refractivity contribution >= 4 is 22.7 Å². The Morgan fingerprint density at radius 1 is 1.26 bits per heavy atom. The molecule has 0 spiro atoms. The number of carbonyl (C=O) groups excluding carboxylic acids is 2. The molecule has 3 N–H and O–H groups in total. The number of hydrogen-bond donors (Lipinski definition) is 2. The minimum absolute atomic E-state index is 0.0645. The van der Waals surface area contributed by atoms with E-state index < -0.39 is 64.4 Å². The number of halogens is 2. The molecule has 1 aromatic heterocycles. The first-order valence-electron chi connectivity index (χ1n) is 13.2. The molecule has 4 fully saturated rings. The van der Waals surface area contributed by atoms with Crippen molar-refractivity contribution < 1.29 is 37.4 Å². The molecule has 2 heterocycles. The Morgan fingerprint density at radius 3 is 2.71 bits per heavy atom. The number of thioether (sulfide) groups is 1. The summed E-state index contributed by atoms with van der Waals surface area (Å²) in [6, 6.07) is 3.51. The highest BCUT2D eigenvalue weighted by Gasteiger charge is 2.80. The quantitative estimate of drug-likeness (QED) is 0.582. The molecule has 1 saturated heterocycles. The summed E-state index contributed by atoms with van der Waals surface area (Å²) in [7, 11) is 0. The molecular weight excluding hydrogens is 516 g/mol. The summed E-state index contributed by atoms with van der Waals surface area (Å²) < 4.78 is 51.8. The number of allylic oxidation sites excluding steroid dienone is 4. The van der Waals surface area contributed by atoms with Crippen molar-refractivity contribution in [3.05, 3.63) is 47.5 Å². The molecule has 7 nitrogen and oxygen atoms in total. The van der Waals surface area contributed by atoms with Gasteiger partial charge in [0.05, 0.1) is 12.2 Å². The lowest BCUT2D eigenvalue weighted by Crippen LogP contribution is -2.70. The van der Waals surface area contributed by atoms with Gasteiger partial charge in [-0.15, -0.1) is 0 Å². The van der Waals surface area contributed by atoms with Crippen LogP contribution in [0.2, 0.25) is 0 Å². The molecule has 3 saturated carbocycles. The zero-order chi connectivity index (χ0) is 27.3. The van der Waals surface area contributed by atoms with Crippen molar-refractivity contribution in [1.82, 2.24) is 0 Å². The summed E-state index contributed by atoms with van der Waals surface area (Å²) >= 11 is 1.04. The summed E-state index contributed by atoms with van der Waals surface area (Å²) in [5.41, 5.74) is -0.542. The van der Waals surface area contributed by atoms with Gasteiger partial charge < -0.3 is 24.7 Å². The van der Waals surface area contributed by atoms with Gasteiger partial charge >= 0.3 is 0 Å². The fourth-order valence-electron chi connectivity index (χ4n) is 8.26. The lowest BCUT2D eigenvalue weighted by molar-refractivity contribution is -0.233. The van der Waals surface area contributed by atoms with Gasteiger partial charge in [0.2, 0.25) is 11.4 Å². The van der Waals surface area contributed by atoms with Gasteiger partial charge in [0, 0.05) is 29.0 Å². The van der Waals surface area contributed by atoms with Gasteiger partial charge in [-0.2, -0.15) is 0 Å². The molecule has 6 rings (SSSR count). The molecule has 0 aromatic carbocycles. The van der Waals surface area contributed by atoms with Crippen molar-refractivity contribution in [2.75, 3.05) is 12.3 Å². The average molecular weight is 550 g/mol. The number of aliphatic hydroxyl groups excluding tert-OH is 1. The Balaban J connectivity index is 1.44. The third kappa shape index (κ3) is 3.15. The van der Waals surface area contributed by atoms with Crippen molar-refractivity contribution in [1.29, 1.82) is 0 Å². The van der Waals surface area contributed by atoms with Crippen molar-refractivity contribution in [2.24, 2.45) is 28.4 Å². The van der Waals surface area contributed by atoms with Crippen molar-refractivity contribution in [3.8, 4) is 0 Å². The van der Waals surface area contributed by atoms with Crippen LogP contribution in [-0.2, 0) is 19.1 Å². The van der Waals surface area contributed by atoms with Crippen LogP contribution in [0.25, 0.3) is 0 Å². The molecule has 0 radical (unpaired) electrons. The summed E-state index contributed by atoms with van der Waals surface area (Å²) in [6.07, 6.45) is -0.992. The van der Waals surface area contributed by atoms with Gasteiger partial charge in [-0.3, -0.25) is 9.59 Å². The number of alkyl halides is 2. The number of furan rings is 1. The first kappa shape index (κ1) is 26.4. The molecule has 0 bridgehead atoms. The Labute approximate surface area is 224 Å². The molecule has 10 atom stereocenters. The van der Waals surface area contributed by atoms with Crippen LogP contribution >= 0.6 is 11.8 Å². The third-order valence-electron chi connectivity index (χ3n) is 10.0. The molecule has 1 aliphatic heterocycles. The Morgan fingerprint density at radius 2 is 2.03 bits per heavy atom. The van der Waals surface area contributed by atoms with Gasteiger partial charge in [0.1, 0.15) is 11.9 Å². The fourth-order valence-corrected chi connectivity index (χ4v) is 9.19. The van der Waals surface area contributed by atoms with Crippen LogP contribution in [0.3, 0.4) is 0 Å². The van der Waals surface area contributed by atoms with E-state index in [4.69, 9.17) is 19.6 Å². The molecule has 5 aliphatic rings. The Kier molecular flexibility index (Phi) is 5.95. The lowest BCUT2D eigenvalue weighted by Gasteiger charge is -2.63. The number of hydrogen-bond acceptors (Lipinski definition) is 8. The normalized spacial score (nSPS) is 47.2. The summed E-state index contributed by atoms with van der Waals surface area (Å²) in [5, 5.41) is 11.3. The highest BCUT2D eigenvalue weighted by atomic mass is 32.2. The maximum absolute atomic E-state index is 17.5. The predicted octanol–water partition coefficient (Wildman–Crippen LogP) is 3.89. The SMILES string of the molecule is Cc1ccc(C2O[C@@H]3CC4[C@@H]5C[C@H](F)C6=CC(=O)C=C[C@]6(C)[C@@]5(F)[C@@H](O)C[C@]4(C)[C@]3(C(=O)SCCN)O2)o1. The number of ketones is 1. The number of aryl methyl sites for hydroxylation is 1. The average Bonchev–Trinajstić information content (AvgIpc) is 3.53. The highest BCUT2D eigenvalue weighted by molar-refractivity contribution is 8.13. The van der Waals surface area contributed by atoms with E-state index in [1.807, 2.05) is 6.92 Å². The van der Waals surface area contributed by atoms with Crippen LogP contribution < -0.4 is 5.73 Å². The number of ether oxygens (including phenoxy) is 2. The molecule has 38 heavy (non-hydrogen) atoms. The second-order valence-corrected chi connectivity index (χ2v) is 12.8. The number of aliphatic hydroxyl groups is 1. The van der Waals surface area contributed by atoms with E-state index in [0.717, 1.165) is 11.8 Å². The largest absolute Gasteiger partial charge is 0.461 e. The standard InChI is InChI=1S/C28H33F2NO6S/c1-14-4-5-20(35-14)23-36-22-12-16-17-11-19(29)18-10-15(32)6-7-25(18,2)27(17,30)21(33)13-26(16,3)28(22,37-23)24(34)38-9-8-31/h4-7,10,16-17,19,21-23,33H,8-9,11-13,31H2,1-3H3/t16?,17-,19-,21-,22+,23?,25-,26-,27-,28-/m0/s1. The molecular formula is C28H33F2NO6S. The monoisotopic (exact) mass is 549 g/mol. The maximum Gasteiger partial charge on any atom is 0.224 e. The fraction of sp³-hybridized carbons (Fsp3) is 0.643. The first-order valence-corrected chi connectivity index (χ1v) is 14.1. The summed E-state index contributed by atoms with van der Waals surface area (Å²) in [5.74, 6) is -0.407. The minimum atomic E-state index is -2.24. The second-order valence-electron chi connectivity index (χ2n) is 11.8. The maximum atomic E-state index is 17.5. The summed E-state index contributed by atoms with van der Waals surface area (Å²) in [4.78, 5) is 26.0. The molecule has 4 aliphatic carbocycles. The van der Waals surface area contributed by atoms with Crippen LogP contribution in [0.4, 0.5) is 8.78 Å². The van der Waals surface area contributed by atoms with Crippen molar-refractivity contribution in [3.63, 3.8) is 0 Å². The Hall–Kier alpha value is -1.85. The second kappa shape index (κ2) is 8.57. The van der Waals surface area contributed by atoms with E-state index in [1.165, 1.54) is 18.2 Å². The van der Waals surface area contributed by atoms with Gasteiger partial charge in [0.25, 0.3) is 0 Å². The van der Waals surface area contributed by atoms with Gasteiger partial charge in [-0.25, -0.2) is 8.78 Å². The highest BCUT2D eigenvalue weighted by Crippen LogP contribution is 2.73. The molecule has 0 amide bonds. The lowest BCUT2D eigenvalue weighted by atomic mass is 9.44. The minimum Gasteiger partial charge on any atom is -0.461 e. The zero-order valence-electron chi connectivity index (χ0n) is 21.6. The number of carbonyl (C=O) groups is 2. The summed E-state index contributed by atoms with van der Waals surface area (Å²) in [6.45, 7) is 5.46. The topological polar surface area (TPSA) is 112 Å². The first-order chi connectivity index (χ1) is 17.9. The number of fused-ring (bicyclic) bond motifs is 7. The van der Waals surface area contributed by atoms with Crippen LogP contribution in [-0.4, -0.2) is 58.0 Å². The molecule has 2 unspecified atom stereocenters. The predicted molar refractivity (Wildman–Crippen MR) is 135 cm³/mol. The third-order valence-corrected chi connectivity index (χ3v) is 11.0. The number of rotatable bonds is 4. The van der Waals surface area contributed by atoms with E-state index in [0.29, 0.717) is 17.3 Å². The number of nitrogens with two attached hydrogens (primary N) is 1. The van der Waals surface area contributed by atoms with E-state index in [-0.39, 0.29) is 36.5 Å². The van der Waals surface area contributed by atoms with E-state index in [9.17, 15) is 14.7 Å². The molecule has 1 aromatic rings. The molecule has 10 heteroatoms. The van der Waals surface area contributed by atoms with E-state index in [1.54, 1.807) is 26.0 Å². The molecule has 206 valence electrons. The van der Waals surface area contributed by atoms with Gasteiger partial charge in [0.15, 0.2) is 22.8 Å².